The molecule has 0 radical (unpaired) electrons. The van der Waals surface area contributed by atoms with Gasteiger partial charge in [-0.3, -0.25) is 0 Å². The molecule has 1 aromatic carbocycles. The van der Waals surface area contributed by atoms with Crippen LogP contribution in [0, 0.1) is 5.82 Å². The lowest BCUT2D eigenvalue weighted by molar-refractivity contribution is 0.626. The Morgan fingerprint density at radius 2 is 2.27 bits per heavy atom. The third-order valence-electron chi connectivity index (χ3n) is 2.14. The number of nitrogens with two attached hydrogens (primary N) is 1. The van der Waals surface area contributed by atoms with Crippen LogP contribution in [0.25, 0.3) is 0 Å². The van der Waals surface area contributed by atoms with E-state index in [0.717, 1.165) is 17.6 Å². The van der Waals surface area contributed by atoms with Gasteiger partial charge in [-0.25, -0.2) is 4.39 Å². The molecule has 82 valence electrons. The highest BCUT2D eigenvalue weighted by molar-refractivity contribution is 6.31. The number of hydrogen-bond donors (Lipinski definition) is 1. The van der Waals surface area contributed by atoms with Gasteiger partial charge in [-0.1, -0.05) is 23.3 Å². The van der Waals surface area contributed by atoms with Crippen LogP contribution in [0.5, 0.6) is 0 Å². The zero-order valence-electron chi connectivity index (χ0n) is 8.76. The summed E-state index contributed by atoms with van der Waals surface area (Å²) in [6, 6.07) is 4.43. The van der Waals surface area contributed by atoms with Crippen LogP contribution in [-0.4, -0.2) is 6.54 Å². The number of benzene rings is 1. The molecule has 0 aliphatic heterocycles. The smallest absolute Gasteiger partial charge is 0.123 e. The molecule has 0 bridgehead atoms. The predicted octanol–water partition coefficient (Wildman–Crippen LogP) is 3.32. The van der Waals surface area contributed by atoms with Crippen molar-refractivity contribution in [3.05, 3.63) is 46.3 Å². The molecule has 0 heterocycles. The van der Waals surface area contributed by atoms with E-state index in [1.54, 1.807) is 6.07 Å². The van der Waals surface area contributed by atoms with E-state index in [4.69, 9.17) is 17.3 Å². The molecule has 0 saturated heterocycles. The van der Waals surface area contributed by atoms with Gasteiger partial charge in [0.2, 0.25) is 0 Å². The average molecular weight is 228 g/mol. The van der Waals surface area contributed by atoms with Gasteiger partial charge in [-0.05, 0) is 50.1 Å². The molecule has 0 aliphatic carbocycles. The highest BCUT2D eigenvalue weighted by Gasteiger charge is 2.02. The highest BCUT2D eigenvalue weighted by Crippen LogP contribution is 2.20. The first-order valence-electron chi connectivity index (χ1n) is 4.93. The van der Waals surface area contributed by atoms with Crippen LogP contribution >= 0.6 is 11.6 Å². The molecule has 0 unspecified atom stereocenters. The van der Waals surface area contributed by atoms with Crippen LogP contribution in [0.2, 0.25) is 5.02 Å². The number of hydrogen-bond acceptors (Lipinski definition) is 1. The van der Waals surface area contributed by atoms with Crippen molar-refractivity contribution in [3.63, 3.8) is 0 Å². The minimum atomic E-state index is -0.249. The molecular weight excluding hydrogens is 213 g/mol. The molecular formula is C12H15ClFN. The number of halogens is 2. The largest absolute Gasteiger partial charge is 0.330 e. The Hall–Kier alpha value is -0.860. The van der Waals surface area contributed by atoms with E-state index >= 15 is 0 Å². The SMILES string of the molecule is C/C(=C/CCN)Cc1cc(F)ccc1Cl. The summed E-state index contributed by atoms with van der Waals surface area (Å²) in [7, 11) is 0. The summed E-state index contributed by atoms with van der Waals surface area (Å²) in [4.78, 5) is 0. The summed E-state index contributed by atoms with van der Waals surface area (Å²) in [5, 5.41) is 0.608. The first-order valence-corrected chi connectivity index (χ1v) is 5.31. The van der Waals surface area contributed by atoms with Crippen molar-refractivity contribution in [2.45, 2.75) is 19.8 Å². The Morgan fingerprint density at radius 3 is 2.93 bits per heavy atom. The molecule has 1 nitrogen and oxygen atoms in total. The number of rotatable bonds is 4. The quantitative estimate of drug-likeness (QED) is 0.785. The molecule has 3 heteroatoms. The van der Waals surface area contributed by atoms with Crippen molar-refractivity contribution in [1.82, 2.24) is 0 Å². The Balaban J connectivity index is 2.75. The molecule has 1 rings (SSSR count). The van der Waals surface area contributed by atoms with Crippen LogP contribution in [-0.2, 0) is 6.42 Å². The van der Waals surface area contributed by atoms with Crippen molar-refractivity contribution in [2.75, 3.05) is 6.54 Å². The topological polar surface area (TPSA) is 26.0 Å². The normalized spacial score (nSPS) is 11.9. The molecule has 1 aromatic rings. The van der Waals surface area contributed by atoms with Crippen molar-refractivity contribution in [3.8, 4) is 0 Å². The van der Waals surface area contributed by atoms with Gasteiger partial charge in [0.25, 0.3) is 0 Å². The first-order chi connectivity index (χ1) is 7.13. The minimum Gasteiger partial charge on any atom is -0.330 e. The molecule has 0 amide bonds. The fourth-order valence-corrected chi connectivity index (χ4v) is 1.57. The molecule has 0 fully saturated rings. The summed E-state index contributed by atoms with van der Waals surface area (Å²) in [6.45, 7) is 2.63. The van der Waals surface area contributed by atoms with E-state index in [1.807, 2.05) is 6.92 Å². The maximum atomic E-state index is 13.0. The third-order valence-corrected chi connectivity index (χ3v) is 2.51. The van der Waals surface area contributed by atoms with Crippen molar-refractivity contribution >= 4 is 11.6 Å². The van der Waals surface area contributed by atoms with Gasteiger partial charge in [0, 0.05) is 5.02 Å². The lowest BCUT2D eigenvalue weighted by Crippen LogP contribution is -1.97. The standard InChI is InChI=1S/C12H15ClFN/c1-9(3-2-6-15)7-10-8-11(14)4-5-12(10)13/h3-5,8H,2,6-7,15H2,1H3/b9-3-. The summed E-state index contributed by atoms with van der Waals surface area (Å²) in [6.07, 6.45) is 3.58. The lowest BCUT2D eigenvalue weighted by atomic mass is 10.1. The number of allylic oxidation sites excluding steroid dienone is 1. The third kappa shape index (κ3) is 4.02. The molecule has 2 N–H and O–H groups in total. The highest BCUT2D eigenvalue weighted by atomic mass is 35.5. The Kier molecular flexibility index (Phi) is 4.79. The Bertz CT molecular complexity index is 361. The van der Waals surface area contributed by atoms with E-state index < -0.39 is 0 Å². The molecule has 0 atom stereocenters. The van der Waals surface area contributed by atoms with Gasteiger partial charge in [-0.15, -0.1) is 0 Å². The van der Waals surface area contributed by atoms with Gasteiger partial charge in [0.15, 0.2) is 0 Å². The summed E-state index contributed by atoms with van der Waals surface area (Å²) in [5.41, 5.74) is 7.38. The zero-order chi connectivity index (χ0) is 11.3. The zero-order valence-corrected chi connectivity index (χ0v) is 9.52. The maximum absolute atomic E-state index is 13.0. The van der Waals surface area contributed by atoms with E-state index in [0.29, 0.717) is 18.0 Å². The van der Waals surface area contributed by atoms with Gasteiger partial charge in [0.05, 0.1) is 0 Å². The molecule has 0 aromatic heterocycles. The fraction of sp³-hybridized carbons (Fsp3) is 0.333. The second kappa shape index (κ2) is 5.89. The monoisotopic (exact) mass is 227 g/mol. The first kappa shape index (κ1) is 12.2. The van der Waals surface area contributed by atoms with Gasteiger partial charge in [0.1, 0.15) is 5.82 Å². The van der Waals surface area contributed by atoms with Gasteiger partial charge >= 0.3 is 0 Å². The Labute approximate surface area is 94.7 Å². The molecule has 0 aliphatic rings. The average Bonchev–Trinajstić information content (AvgIpc) is 2.20. The second-order valence-electron chi connectivity index (χ2n) is 3.54. The van der Waals surface area contributed by atoms with E-state index in [2.05, 4.69) is 6.08 Å². The van der Waals surface area contributed by atoms with Crippen LogP contribution in [0.4, 0.5) is 4.39 Å². The van der Waals surface area contributed by atoms with Gasteiger partial charge < -0.3 is 5.73 Å². The lowest BCUT2D eigenvalue weighted by Gasteiger charge is -2.04. The summed E-state index contributed by atoms with van der Waals surface area (Å²) < 4.78 is 13.0. The van der Waals surface area contributed by atoms with Crippen molar-refractivity contribution in [1.29, 1.82) is 0 Å². The fourth-order valence-electron chi connectivity index (χ4n) is 1.38. The second-order valence-corrected chi connectivity index (χ2v) is 3.95. The van der Waals surface area contributed by atoms with Crippen molar-refractivity contribution in [2.24, 2.45) is 5.73 Å². The van der Waals surface area contributed by atoms with Crippen LogP contribution in [0.1, 0.15) is 18.9 Å². The maximum Gasteiger partial charge on any atom is 0.123 e. The van der Waals surface area contributed by atoms with Crippen LogP contribution in [0.15, 0.2) is 29.8 Å². The molecule has 0 spiro atoms. The minimum absolute atomic E-state index is 0.249. The van der Waals surface area contributed by atoms with E-state index in [1.165, 1.54) is 12.1 Å². The summed E-state index contributed by atoms with van der Waals surface area (Å²) >= 11 is 5.96. The predicted molar refractivity (Wildman–Crippen MR) is 62.5 cm³/mol. The van der Waals surface area contributed by atoms with Gasteiger partial charge in [-0.2, -0.15) is 0 Å². The Morgan fingerprint density at radius 1 is 1.53 bits per heavy atom. The summed E-state index contributed by atoms with van der Waals surface area (Å²) in [5.74, 6) is -0.249. The van der Waals surface area contributed by atoms with Crippen LogP contribution in [0.3, 0.4) is 0 Å². The van der Waals surface area contributed by atoms with E-state index in [9.17, 15) is 4.39 Å². The molecule has 0 saturated carbocycles. The van der Waals surface area contributed by atoms with E-state index in [-0.39, 0.29) is 5.82 Å². The van der Waals surface area contributed by atoms with Crippen LogP contribution < -0.4 is 5.73 Å². The molecule has 15 heavy (non-hydrogen) atoms. The van der Waals surface area contributed by atoms with Crippen molar-refractivity contribution < 1.29 is 4.39 Å².